The number of nitrogens with zero attached hydrogens (tertiary/aromatic N) is 1. The molecule has 0 radical (unpaired) electrons. The molecule has 6 aliphatic carbocycles. The van der Waals surface area contributed by atoms with Crippen LogP contribution in [0.5, 0.6) is 0 Å². The van der Waals surface area contributed by atoms with Gasteiger partial charge in [0.15, 0.2) is 0 Å². The third-order valence-electron chi connectivity index (χ3n) is 19.6. The van der Waals surface area contributed by atoms with Crippen molar-refractivity contribution in [2.45, 2.75) is 178 Å². The van der Waals surface area contributed by atoms with Crippen molar-refractivity contribution in [1.82, 2.24) is 10.2 Å². The van der Waals surface area contributed by atoms with Crippen LogP contribution in [0.1, 0.15) is 166 Å². The minimum Gasteiger partial charge on any atom is -0.481 e. The maximum atomic E-state index is 15.1. The van der Waals surface area contributed by atoms with Crippen LogP contribution >= 0.6 is 0 Å². The molecule has 7 nitrogen and oxygen atoms in total. The number of amides is 1. The van der Waals surface area contributed by atoms with Crippen LogP contribution in [0.15, 0.2) is 12.2 Å². The van der Waals surface area contributed by atoms with Gasteiger partial charge in [-0.2, -0.15) is 0 Å². The van der Waals surface area contributed by atoms with E-state index >= 15 is 4.79 Å². The third kappa shape index (κ3) is 6.46. The molecule has 316 valence electrons. The van der Waals surface area contributed by atoms with E-state index in [9.17, 15) is 14.7 Å². The zero-order valence-electron chi connectivity index (χ0n) is 37.2. The molecule has 1 amide bonds. The SMILES string of the molecule is C=C(C)[C@@H]1CC[C@]2(C(=O)N[C@@H](CC(C)C)CN3CCCCC3)CC[C@]3(C)[C@H](CC[C@@H]4[C@@]5(C)CC[C@H](OC(=O)[C@H]6C[C@@H](C(=O)O)C6(C)C)C(C)(C)[C@@H]5CC[C@]43C)[C@@H]12. The summed E-state index contributed by atoms with van der Waals surface area (Å²) < 4.78 is 6.46. The fourth-order valence-corrected chi connectivity index (χ4v) is 16.2. The summed E-state index contributed by atoms with van der Waals surface area (Å²) in [6.07, 6.45) is 16.0. The molecule has 0 aromatic rings. The van der Waals surface area contributed by atoms with Gasteiger partial charge in [0.25, 0.3) is 0 Å². The molecule has 0 unspecified atom stereocenters. The first-order valence-electron chi connectivity index (χ1n) is 23.3. The number of ether oxygens (including phenoxy) is 1. The second-order valence-electron chi connectivity index (χ2n) is 23.3. The first kappa shape index (κ1) is 42.2. The molecular weight excluding hydrogens is 697 g/mol. The van der Waals surface area contributed by atoms with Crippen molar-refractivity contribution in [3.63, 3.8) is 0 Å². The first-order valence-corrected chi connectivity index (χ1v) is 23.3. The summed E-state index contributed by atoms with van der Waals surface area (Å²) in [6.45, 7) is 31.2. The Kier molecular flexibility index (Phi) is 11.1. The maximum absolute atomic E-state index is 15.1. The number of carboxylic acid groups (broad SMARTS) is 1. The fourth-order valence-electron chi connectivity index (χ4n) is 16.2. The minimum atomic E-state index is -0.810. The lowest BCUT2D eigenvalue weighted by Crippen LogP contribution is -2.67. The van der Waals surface area contributed by atoms with E-state index in [4.69, 9.17) is 4.74 Å². The van der Waals surface area contributed by atoms with E-state index in [1.807, 2.05) is 13.8 Å². The Morgan fingerprint density at radius 2 is 1.50 bits per heavy atom. The minimum absolute atomic E-state index is 0.144. The number of rotatable bonds is 10. The lowest BCUT2D eigenvalue weighted by molar-refractivity contribution is -0.251. The summed E-state index contributed by atoms with van der Waals surface area (Å²) in [7, 11) is 0. The molecule has 6 saturated carbocycles. The zero-order valence-corrected chi connectivity index (χ0v) is 37.2. The highest BCUT2D eigenvalue weighted by atomic mass is 16.5. The normalized spacial score (nSPS) is 44.6. The predicted molar refractivity (Wildman–Crippen MR) is 224 cm³/mol. The molecule has 0 spiro atoms. The van der Waals surface area contributed by atoms with Crippen LogP contribution in [-0.2, 0) is 19.1 Å². The highest BCUT2D eigenvalue weighted by Crippen LogP contribution is 2.77. The molecule has 0 aromatic carbocycles. The molecule has 7 heteroatoms. The number of carbonyl (C=O) groups excluding carboxylic acids is 2. The van der Waals surface area contributed by atoms with Crippen LogP contribution in [0.4, 0.5) is 0 Å². The average molecular weight is 777 g/mol. The van der Waals surface area contributed by atoms with Gasteiger partial charge in [-0.15, -0.1) is 0 Å². The molecular formula is C49H80N2O5. The first-order chi connectivity index (χ1) is 26.1. The molecule has 7 rings (SSSR count). The summed E-state index contributed by atoms with van der Waals surface area (Å²) in [4.78, 5) is 43.2. The number of allylic oxidation sites excluding steroid dienone is 1. The number of piperidine rings is 1. The van der Waals surface area contributed by atoms with Gasteiger partial charge in [-0.1, -0.05) is 80.9 Å². The largest absolute Gasteiger partial charge is 0.481 e. The Balaban J connectivity index is 1.11. The topological polar surface area (TPSA) is 95.9 Å². The Labute approximate surface area is 340 Å². The van der Waals surface area contributed by atoms with Crippen LogP contribution in [0.25, 0.3) is 0 Å². The van der Waals surface area contributed by atoms with Crippen molar-refractivity contribution in [3.8, 4) is 0 Å². The third-order valence-corrected chi connectivity index (χ3v) is 19.6. The van der Waals surface area contributed by atoms with Crippen LogP contribution in [0, 0.1) is 79.8 Å². The van der Waals surface area contributed by atoms with Gasteiger partial charge in [-0.25, -0.2) is 0 Å². The van der Waals surface area contributed by atoms with Gasteiger partial charge in [0.05, 0.1) is 17.3 Å². The quantitative estimate of drug-likeness (QED) is 0.169. The van der Waals surface area contributed by atoms with Crippen LogP contribution in [0.2, 0.25) is 0 Å². The molecule has 13 atom stereocenters. The summed E-state index contributed by atoms with van der Waals surface area (Å²) in [5.41, 5.74) is 0.679. The monoisotopic (exact) mass is 777 g/mol. The summed E-state index contributed by atoms with van der Waals surface area (Å²) >= 11 is 0. The van der Waals surface area contributed by atoms with Gasteiger partial charge in [-0.3, -0.25) is 14.4 Å². The van der Waals surface area contributed by atoms with Gasteiger partial charge in [0, 0.05) is 18.0 Å². The number of fused-ring (bicyclic) bond motifs is 7. The molecule has 0 bridgehead atoms. The summed E-state index contributed by atoms with van der Waals surface area (Å²) in [6, 6.07) is 0.205. The average Bonchev–Trinajstić information content (AvgIpc) is 3.51. The lowest BCUT2D eigenvalue weighted by atomic mass is 9.32. The summed E-state index contributed by atoms with van der Waals surface area (Å²) in [5.74, 6) is 1.33. The predicted octanol–water partition coefficient (Wildman–Crippen LogP) is 10.3. The number of nitrogens with one attached hydrogen (secondary N) is 1. The van der Waals surface area contributed by atoms with Crippen molar-refractivity contribution in [2.75, 3.05) is 19.6 Å². The second-order valence-corrected chi connectivity index (χ2v) is 23.3. The highest BCUT2D eigenvalue weighted by Gasteiger charge is 2.72. The maximum Gasteiger partial charge on any atom is 0.309 e. The second kappa shape index (κ2) is 14.7. The van der Waals surface area contributed by atoms with Crippen molar-refractivity contribution in [1.29, 1.82) is 0 Å². The molecule has 56 heavy (non-hydrogen) atoms. The number of carboxylic acids is 1. The van der Waals surface area contributed by atoms with Gasteiger partial charge < -0.3 is 20.1 Å². The molecule has 1 saturated heterocycles. The lowest BCUT2D eigenvalue weighted by Gasteiger charge is -2.73. The van der Waals surface area contributed by atoms with E-state index in [1.54, 1.807) is 0 Å². The number of esters is 1. The zero-order chi connectivity index (χ0) is 40.8. The Morgan fingerprint density at radius 1 is 0.804 bits per heavy atom. The number of carbonyl (C=O) groups is 3. The molecule has 1 aliphatic heterocycles. The van der Waals surface area contributed by atoms with E-state index in [-0.39, 0.29) is 51.1 Å². The summed E-state index contributed by atoms with van der Waals surface area (Å²) in [5, 5.41) is 13.5. The van der Waals surface area contributed by atoms with Crippen molar-refractivity contribution >= 4 is 17.8 Å². The Bertz CT molecular complexity index is 1550. The van der Waals surface area contributed by atoms with Crippen molar-refractivity contribution in [2.24, 2.45) is 79.8 Å². The van der Waals surface area contributed by atoms with E-state index in [2.05, 4.69) is 72.2 Å². The van der Waals surface area contributed by atoms with E-state index < -0.39 is 17.3 Å². The van der Waals surface area contributed by atoms with Crippen LogP contribution in [-0.4, -0.2) is 59.6 Å². The van der Waals surface area contributed by atoms with Gasteiger partial charge in [-0.05, 0) is 167 Å². The molecule has 1 heterocycles. The van der Waals surface area contributed by atoms with Gasteiger partial charge in [0.2, 0.25) is 5.91 Å². The van der Waals surface area contributed by atoms with E-state index in [0.29, 0.717) is 47.8 Å². The van der Waals surface area contributed by atoms with Crippen LogP contribution in [0.3, 0.4) is 0 Å². The van der Waals surface area contributed by atoms with Gasteiger partial charge in [0.1, 0.15) is 6.10 Å². The molecule has 2 N–H and O–H groups in total. The number of hydrogen-bond acceptors (Lipinski definition) is 5. The van der Waals surface area contributed by atoms with E-state index in [0.717, 1.165) is 71.0 Å². The smallest absolute Gasteiger partial charge is 0.309 e. The number of hydrogen-bond donors (Lipinski definition) is 2. The standard InChI is InChI=1S/C49H80N2O5/c1-30(2)27-32(29-51-25-13-12-14-26-51)50-43(55)49-22-17-33(31(3)4)40(49)34-15-16-38-46(9)20-19-39(56-42(54)36-28-35(41(52)53)44(36,5)6)45(7,8)37(46)18-21-48(38,11)47(34,10)23-24-49/h30,32-40H,3,12-29H2,1-2,4-11H3,(H,50,55)(H,52,53)/t32-,33-,34+,35-,36+,37-,38+,39-,40+,46-,47+,48+,49-/m0/s1. The van der Waals surface area contributed by atoms with E-state index in [1.165, 1.54) is 44.1 Å². The number of aliphatic carboxylic acids is 1. The Morgan fingerprint density at radius 3 is 2.12 bits per heavy atom. The molecule has 7 fully saturated rings. The van der Waals surface area contributed by atoms with Crippen molar-refractivity contribution in [3.05, 3.63) is 12.2 Å². The van der Waals surface area contributed by atoms with Gasteiger partial charge >= 0.3 is 11.9 Å². The van der Waals surface area contributed by atoms with Crippen molar-refractivity contribution < 1.29 is 24.2 Å². The van der Waals surface area contributed by atoms with Crippen LogP contribution < -0.4 is 5.32 Å². The Hall–Kier alpha value is -1.89. The highest BCUT2D eigenvalue weighted by molar-refractivity contribution is 5.84. The fraction of sp³-hybridized carbons (Fsp3) is 0.898. The molecule has 0 aromatic heterocycles. The molecule has 7 aliphatic rings. The number of likely N-dealkylation sites (tertiary alicyclic amines) is 1.